The number of nitrogens with zero attached hydrogens (tertiary/aromatic N) is 2. The van der Waals surface area contributed by atoms with Crippen LogP contribution in [0.15, 0.2) is 54.6 Å². The molecular formula is C20H22N2O4. The van der Waals surface area contributed by atoms with E-state index in [4.69, 9.17) is 10.1 Å². The number of carboxylic acid groups (broad SMARTS) is 1. The van der Waals surface area contributed by atoms with Crippen molar-refractivity contribution in [3.63, 3.8) is 0 Å². The normalized spacial score (nSPS) is 13.6. The van der Waals surface area contributed by atoms with Crippen LogP contribution in [-0.2, 0) is 11.3 Å². The van der Waals surface area contributed by atoms with Crippen LogP contribution in [-0.4, -0.2) is 43.0 Å². The van der Waals surface area contributed by atoms with Crippen LogP contribution in [0.3, 0.4) is 0 Å². The fraction of sp³-hybridized carbons (Fsp3) is 0.300. The molecule has 26 heavy (non-hydrogen) atoms. The molecule has 3 aromatic rings. The number of imidazole rings is 1. The molecule has 2 aromatic carbocycles. The number of aromatic nitrogens is 2. The van der Waals surface area contributed by atoms with E-state index in [1.165, 1.54) is 0 Å². The lowest BCUT2D eigenvalue weighted by Crippen LogP contribution is -2.22. The van der Waals surface area contributed by atoms with E-state index in [0.29, 0.717) is 13.0 Å². The molecule has 6 nitrogen and oxygen atoms in total. The number of carbonyl (C=O) groups is 1. The smallest absolute Gasteiger partial charge is 0.305 e. The van der Waals surface area contributed by atoms with Crippen molar-refractivity contribution in [3.8, 4) is 11.4 Å². The molecule has 0 aliphatic carbocycles. The molecule has 6 heteroatoms. The SMILES string of the molecule is O=C(O)CC(O)CC(O)CCn1c(-c2ccccc2)nc2ccccc21. The van der Waals surface area contributed by atoms with Crippen LogP contribution in [0.1, 0.15) is 19.3 Å². The standard InChI is InChI=1S/C20H22N2O4/c23-15(12-16(24)13-19(25)26)10-11-22-18-9-5-4-8-17(18)21-20(22)14-6-2-1-3-7-14/h1-9,15-16,23-24H,10-13H2,(H,25,26). The van der Waals surface area contributed by atoms with Gasteiger partial charge in [0.05, 0.1) is 29.7 Å². The largest absolute Gasteiger partial charge is 0.481 e. The average Bonchev–Trinajstić information content (AvgIpc) is 2.98. The molecule has 0 saturated carbocycles. The highest BCUT2D eigenvalue weighted by Gasteiger charge is 2.17. The molecule has 136 valence electrons. The van der Waals surface area contributed by atoms with Gasteiger partial charge in [0.15, 0.2) is 0 Å². The Labute approximate surface area is 151 Å². The number of aliphatic hydroxyl groups is 2. The van der Waals surface area contributed by atoms with Crippen LogP contribution >= 0.6 is 0 Å². The Morgan fingerprint density at radius 1 is 1.00 bits per heavy atom. The Balaban J connectivity index is 1.79. The van der Waals surface area contributed by atoms with Gasteiger partial charge >= 0.3 is 5.97 Å². The number of aliphatic carboxylic acids is 1. The van der Waals surface area contributed by atoms with Crippen molar-refractivity contribution < 1.29 is 20.1 Å². The van der Waals surface area contributed by atoms with Gasteiger partial charge in [-0.05, 0) is 25.0 Å². The van der Waals surface area contributed by atoms with E-state index in [0.717, 1.165) is 22.4 Å². The van der Waals surface area contributed by atoms with Gasteiger partial charge in [-0.1, -0.05) is 42.5 Å². The number of rotatable bonds is 8. The number of para-hydroxylation sites is 2. The zero-order valence-corrected chi connectivity index (χ0v) is 14.3. The minimum Gasteiger partial charge on any atom is -0.481 e. The summed E-state index contributed by atoms with van der Waals surface area (Å²) in [5.41, 5.74) is 2.85. The maximum atomic E-state index is 10.6. The van der Waals surface area contributed by atoms with Gasteiger partial charge < -0.3 is 19.9 Å². The quantitative estimate of drug-likeness (QED) is 0.578. The zero-order chi connectivity index (χ0) is 18.5. The fourth-order valence-electron chi connectivity index (χ4n) is 3.10. The Bertz CT molecular complexity index is 876. The summed E-state index contributed by atoms with van der Waals surface area (Å²) < 4.78 is 2.05. The summed E-state index contributed by atoms with van der Waals surface area (Å²) in [6, 6.07) is 17.7. The number of fused-ring (bicyclic) bond motifs is 1. The molecule has 2 atom stereocenters. The monoisotopic (exact) mass is 354 g/mol. The molecule has 0 saturated heterocycles. The highest BCUT2D eigenvalue weighted by atomic mass is 16.4. The van der Waals surface area contributed by atoms with E-state index in [9.17, 15) is 15.0 Å². The molecule has 0 radical (unpaired) electrons. The first-order chi connectivity index (χ1) is 12.5. The molecule has 0 bridgehead atoms. The summed E-state index contributed by atoms with van der Waals surface area (Å²) in [5.74, 6) is -0.248. The number of hydrogen-bond acceptors (Lipinski definition) is 4. The van der Waals surface area contributed by atoms with Gasteiger partial charge in [0.1, 0.15) is 5.82 Å². The second-order valence-electron chi connectivity index (χ2n) is 6.37. The second-order valence-corrected chi connectivity index (χ2v) is 6.37. The van der Waals surface area contributed by atoms with Gasteiger partial charge in [-0.2, -0.15) is 0 Å². The maximum Gasteiger partial charge on any atom is 0.305 e. The van der Waals surface area contributed by atoms with Crippen LogP contribution in [0.4, 0.5) is 0 Å². The minimum atomic E-state index is -1.07. The molecule has 0 fully saturated rings. The summed E-state index contributed by atoms with van der Waals surface area (Å²) in [4.78, 5) is 15.3. The van der Waals surface area contributed by atoms with E-state index in [1.54, 1.807) is 0 Å². The molecule has 0 spiro atoms. The van der Waals surface area contributed by atoms with Crippen LogP contribution in [0, 0.1) is 0 Å². The van der Waals surface area contributed by atoms with Crippen molar-refractivity contribution in [2.45, 2.75) is 38.0 Å². The fourth-order valence-corrected chi connectivity index (χ4v) is 3.10. The van der Waals surface area contributed by atoms with Crippen LogP contribution < -0.4 is 0 Å². The molecule has 1 heterocycles. The molecular weight excluding hydrogens is 332 g/mol. The van der Waals surface area contributed by atoms with Crippen molar-refractivity contribution in [1.29, 1.82) is 0 Å². The predicted octanol–water partition coefficient (Wildman–Crippen LogP) is 2.68. The molecule has 0 aliphatic heterocycles. The second kappa shape index (κ2) is 8.12. The lowest BCUT2D eigenvalue weighted by Gasteiger charge is -2.16. The predicted molar refractivity (Wildman–Crippen MR) is 98.7 cm³/mol. The zero-order valence-electron chi connectivity index (χ0n) is 14.3. The molecule has 0 aliphatic rings. The van der Waals surface area contributed by atoms with E-state index in [1.807, 2.05) is 54.6 Å². The number of aryl methyl sites for hydroxylation is 1. The third-order valence-electron chi connectivity index (χ3n) is 4.33. The van der Waals surface area contributed by atoms with Gasteiger partial charge in [0.2, 0.25) is 0 Å². The molecule has 3 N–H and O–H groups in total. The van der Waals surface area contributed by atoms with Crippen molar-refractivity contribution >= 4 is 17.0 Å². The minimum absolute atomic E-state index is 0.0413. The van der Waals surface area contributed by atoms with Gasteiger partial charge in [-0.25, -0.2) is 4.98 Å². The third-order valence-corrected chi connectivity index (χ3v) is 4.33. The summed E-state index contributed by atoms with van der Waals surface area (Å²) in [5, 5.41) is 28.6. The van der Waals surface area contributed by atoms with Crippen molar-refractivity contribution in [2.24, 2.45) is 0 Å². The summed E-state index contributed by atoms with van der Waals surface area (Å²) >= 11 is 0. The highest BCUT2D eigenvalue weighted by Crippen LogP contribution is 2.25. The van der Waals surface area contributed by atoms with E-state index < -0.39 is 18.2 Å². The maximum absolute atomic E-state index is 10.6. The van der Waals surface area contributed by atoms with Crippen LogP contribution in [0.2, 0.25) is 0 Å². The summed E-state index contributed by atoms with van der Waals surface area (Å²) in [6.45, 7) is 0.520. The Morgan fingerprint density at radius 2 is 1.69 bits per heavy atom. The number of aliphatic hydroxyl groups excluding tert-OH is 2. The van der Waals surface area contributed by atoms with Gasteiger partial charge in [-0.3, -0.25) is 4.79 Å². The molecule has 0 amide bonds. The summed E-state index contributed by atoms with van der Waals surface area (Å²) in [6.07, 6.45) is -1.75. The van der Waals surface area contributed by atoms with Crippen molar-refractivity contribution in [2.75, 3.05) is 0 Å². The third kappa shape index (κ3) is 4.28. The van der Waals surface area contributed by atoms with E-state index >= 15 is 0 Å². The molecule has 3 rings (SSSR count). The van der Waals surface area contributed by atoms with E-state index in [-0.39, 0.29) is 12.8 Å². The van der Waals surface area contributed by atoms with E-state index in [2.05, 4.69) is 4.57 Å². The van der Waals surface area contributed by atoms with Crippen LogP contribution in [0.25, 0.3) is 22.4 Å². The topological polar surface area (TPSA) is 95.6 Å². The van der Waals surface area contributed by atoms with Crippen LogP contribution in [0.5, 0.6) is 0 Å². The van der Waals surface area contributed by atoms with Crippen molar-refractivity contribution in [1.82, 2.24) is 9.55 Å². The Morgan fingerprint density at radius 3 is 2.42 bits per heavy atom. The van der Waals surface area contributed by atoms with Gasteiger partial charge in [0.25, 0.3) is 0 Å². The number of carboxylic acids is 1. The number of benzene rings is 2. The van der Waals surface area contributed by atoms with Gasteiger partial charge in [0, 0.05) is 12.1 Å². The first-order valence-corrected chi connectivity index (χ1v) is 8.63. The highest BCUT2D eigenvalue weighted by molar-refractivity contribution is 5.80. The number of hydrogen-bond donors (Lipinski definition) is 3. The van der Waals surface area contributed by atoms with Crippen molar-refractivity contribution in [3.05, 3.63) is 54.6 Å². The molecule has 1 aromatic heterocycles. The van der Waals surface area contributed by atoms with Gasteiger partial charge in [-0.15, -0.1) is 0 Å². The Hall–Kier alpha value is -2.70. The summed E-state index contributed by atoms with van der Waals surface area (Å²) in [7, 11) is 0. The molecule has 2 unspecified atom stereocenters. The Kier molecular flexibility index (Phi) is 5.65. The first kappa shape index (κ1) is 18.1. The average molecular weight is 354 g/mol. The first-order valence-electron chi connectivity index (χ1n) is 8.63. The lowest BCUT2D eigenvalue weighted by molar-refractivity contribution is -0.139. The lowest BCUT2D eigenvalue weighted by atomic mass is 10.1.